The molecule has 4 heteroatoms. The van der Waals surface area contributed by atoms with Crippen molar-refractivity contribution in [2.45, 2.75) is 54.5 Å². The van der Waals surface area contributed by atoms with E-state index >= 15 is 0 Å². The number of hydrogen-bond donors (Lipinski definition) is 1. The van der Waals surface area contributed by atoms with Crippen molar-refractivity contribution in [2.75, 3.05) is 0 Å². The first-order valence-electron chi connectivity index (χ1n) is 6.42. The van der Waals surface area contributed by atoms with Crippen LogP contribution in [-0.4, -0.2) is 15.5 Å². The van der Waals surface area contributed by atoms with Crippen molar-refractivity contribution in [1.29, 1.82) is 0 Å². The molecule has 0 spiro atoms. The van der Waals surface area contributed by atoms with Crippen LogP contribution in [0.5, 0.6) is 0 Å². The van der Waals surface area contributed by atoms with Crippen LogP contribution in [0.15, 0.2) is 21.7 Å². The molecule has 1 aromatic heterocycles. The van der Waals surface area contributed by atoms with Gasteiger partial charge in [-0.05, 0) is 36.6 Å². The minimum absolute atomic E-state index is 0.117. The van der Waals surface area contributed by atoms with Crippen LogP contribution in [0.4, 0.5) is 0 Å². The lowest BCUT2D eigenvalue weighted by atomic mass is 9.83. The predicted octanol–water partition coefficient (Wildman–Crippen LogP) is 3.15. The molecule has 1 fully saturated rings. The fourth-order valence-electron chi connectivity index (χ4n) is 2.68. The summed E-state index contributed by atoms with van der Waals surface area (Å²) >= 11 is 1.59. The van der Waals surface area contributed by atoms with Crippen molar-refractivity contribution in [3.8, 4) is 0 Å². The van der Waals surface area contributed by atoms with Gasteiger partial charge in [-0.2, -0.15) is 0 Å². The van der Waals surface area contributed by atoms with Crippen molar-refractivity contribution in [2.24, 2.45) is 11.7 Å². The van der Waals surface area contributed by atoms with Gasteiger partial charge < -0.3 is 5.73 Å². The summed E-state index contributed by atoms with van der Waals surface area (Å²) in [6.45, 7) is 2.22. The Labute approximate surface area is 110 Å². The molecule has 17 heavy (non-hydrogen) atoms. The van der Waals surface area contributed by atoms with E-state index in [2.05, 4.69) is 6.92 Å². The van der Waals surface area contributed by atoms with Crippen molar-refractivity contribution in [3.05, 3.63) is 17.5 Å². The Hall–Kier alpha value is -0.190. The summed E-state index contributed by atoms with van der Waals surface area (Å²) < 4.78 is 13.5. The third-order valence-electron chi connectivity index (χ3n) is 3.62. The van der Waals surface area contributed by atoms with E-state index in [1.54, 1.807) is 11.3 Å². The molecule has 0 amide bonds. The van der Waals surface area contributed by atoms with E-state index in [1.165, 1.54) is 19.3 Å². The fourth-order valence-corrected chi connectivity index (χ4v) is 5.46. The van der Waals surface area contributed by atoms with Gasteiger partial charge in [-0.3, -0.25) is 4.21 Å². The molecule has 2 rings (SSSR count). The van der Waals surface area contributed by atoms with Crippen molar-refractivity contribution in [3.63, 3.8) is 0 Å². The number of hydrogen-bond acceptors (Lipinski definition) is 3. The van der Waals surface area contributed by atoms with Gasteiger partial charge in [-0.1, -0.05) is 25.8 Å². The van der Waals surface area contributed by atoms with Crippen LogP contribution in [0, 0.1) is 5.92 Å². The van der Waals surface area contributed by atoms with Crippen LogP contribution in [-0.2, 0) is 10.8 Å². The van der Waals surface area contributed by atoms with Gasteiger partial charge in [-0.15, -0.1) is 11.3 Å². The second kappa shape index (κ2) is 6.12. The minimum atomic E-state index is -0.900. The van der Waals surface area contributed by atoms with Crippen molar-refractivity contribution in [1.82, 2.24) is 0 Å². The molecule has 4 atom stereocenters. The van der Waals surface area contributed by atoms with Crippen LogP contribution in [0.2, 0.25) is 0 Å². The van der Waals surface area contributed by atoms with Crippen molar-refractivity contribution < 1.29 is 4.21 Å². The highest BCUT2D eigenvalue weighted by Gasteiger charge is 2.32. The second-order valence-electron chi connectivity index (χ2n) is 4.90. The summed E-state index contributed by atoms with van der Waals surface area (Å²) in [5.41, 5.74) is 6.16. The molecule has 1 aliphatic carbocycles. The molecule has 1 heterocycles. The average Bonchev–Trinajstić information content (AvgIpc) is 2.85. The van der Waals surface area contributed by atoms with Gasteiger partial charge in [0.2, 0.25) is 0 Å². The highest BCUT2D eigenvalue weighted by molar-refractivity contribution is 7.88. The van der Waals surface area contributed by atoms with Gasteiger partial charge in [-0.25, -0.2) is 0 Å². The predicted molar refractivity (Wildman–Crippen MR) is 74.7 cm³/mol. The van der Waals surface area contributed by atoms with Crippen LogP contribution >= 0.6 is 11.3 Å². The molecule has 0 radical (unpaired) electrons. The topological polar surface area (TPSA) is 43.1 Å². The molecule has 1 aliphatic rings. The van der Waals surface area contributed by atoms with Crippen LogP contribution in [0.3, 0.4) is 0 Å². The Balaban J connectivity index is 2.05. The molecule has 1 aromatic rings. The van der Waals surface area contributed by atoms with E-state index < -0.39 is 10.8 Å². The van der Waals surface area contributed by atoms with Crippen LogP contribution in [0.25, 0.3) is 0 Å². The lowest BCUT2D eigenvalue weighted by Gasteiger charge is -2.33. The minimum Gasteiger partial charge on any atom is -0.327 e. The normalized spacial score (nSPS) is 31.3. The highest BCUT2D eigenvalue weighted by atomic mass is 32.2. The number of rotatable bonds is 4. The monoisotopic (exact) mass is 271 g/mol. The van der Waals surface area contributed by atoms with Gasteiger partial charge in [0.25, 0.3) is 0 Å². The van der Waals surface area contributed by atoms with Gasteiger partial charge in [0.1, 0.15) is 0 Å². The zero-order valence-corrected chi connectivity index (χ0v) is 11.9. The second-order valence-corrected chi connectivity index (χ2v) is 7.75. The Morgan fingerprint density at radius 3 is 3.00 bits per heavy atom. The molecule has 2 nitrogen and oxygen atoms in total. The third kappa shape index (κ3) is 3.18. The standard InChI is InChI=1S/C13H21NOS2/c1-2-4-10-6-7-11(14)12(9-10)17(15)13-5-3-8-16-13/h3,5,8,10-12H,2,4,6-7,9,14H2,1H3. The Kier molecular flexibility index (Phi) is 4.77. The van der Waals surface area contributed by atoms with E-state index in [0.29, 0.717) is 0 Å². The third-order valence-corrected chi connectivity index (χ3v) is 6.68. The van der Waals surface area contributed by atoms with Gasteiger partial charge in [0.05, 0.1) is 20.3 Å². The number of thiophene rings is 1. The molecule has 1 saturated carbocycles. The molecular weight excluding hydrogens is 250 g/mol. The number of nitrogens with two attached hydrogens (primary N) is 1. The maximum absolute atomic E-state index is 12.5. The first-order valence-corrected chi connectivity index (χ1v) is 8.51. The molecule has 2 N–H and O–H groups in total. The first-order chi connectivity index (χ1) is 8.22. The van der Waals surface area contributed by atoms with Gasteiger partial charge >= 0.3 is 0 Å². The van der Waals surface area contributed by atoms with Gasteiger partial charge in [0.15, 0.2) is 0 Å². The van der Waals surface area contributed by atoms with E-state index in [9.17, 15) is 4.21 Å². The molecule has 4 unspecified atom stereocenters. The van der Waals surface area contributed by atoms with E-state index in [4.69, 9.17) is 5.73 Å². The summed E-state index contributed by atoms with van der Waals surface area (Å²) in [6, 6.07) is 4.05. The molecule has 0 aromatic carbocycles. The fraction of sp³-hybridized carbons (Fsp3) is 0.692. The molecule has 0 bridgehead atoms. The average molecular weight is 271 g/mol. The Morgan fingerprint density at radius 1 is 1.53 bits per heavy atom. The van der Waals surface area contributed by atoms with Crippen molar-refractivity contribution >= 4 is 22.1 Å². The lowest BCUT2D eigenvalue weighted by Crippen LogP contribution is -2.42. The molecule has 96 valence electrons. The van der Waals surface area contributed by atoms with Crippen LogP contribution in [0.1, 0.15) is 39.0 Å². The van der Waals surface area contributed by atoms with E-state index in [-0.39, 0.29) is 11.3 Å². The Bertz CT molecular complexity index is 364. The summed E-state index contributed by atoms with van der Waals surface area (Å²) in [4.78, 5) is 0. The SMILES string of the molecule is CCCC1CCC(N)C(S(=O)c2cccs2)C1. The molecule has 0 saturated heterocycles. The summed E-state index contributed by atoms with van der Waals surface area (Å²) in [7, 11) is -0.900. The highest BCUT2D eigenvalue weighted by Crippen LogP contribution is 2.32. The van der Waals surface area contributed by atoms with E-state index in [1.807, 2.05) is 17.5 Å². The smallest absolute Gasteiger partial charge is 0.0914 e. The molecular formula is C13H21NOS2. The molecule has 0 aliphatic heterocycles. The summed E-state index contributed by atoms with van der Waals surface area (Å²) in [6.07, 6.45) is 5.77. The largest absolute Gasteiger partial charge is 0.327 e. The zero-order chi connectivity index (χ0) is 12.3. The summed E-state index contributed by atoms with van der Waals surface area (Å²) in [5.74, 6) is 0.730. The Morgan fingerprint density at radius 2 is 2.35 bits per heavy atom. The quantitative estimate of drug-likeness (QED) is 0.914. The first kappa shape index (κ1) is 13.2. The van der Waals surface area contributed by atoms with Crippen LogP contribution < -0.4 is 5.73 Å². The van der Waals surface area contributed by atoms with E-state index in [0.717, 1.165) is 23.0 Å². The maximum Gasteiger partial charge on any atom is 0.0914 e. The maximum atomic E-state index is 12.5. The summed E-state index contributed by atoms with van der Waals surface area (Å²) in [5, 5.41) is 2.16. The zero-order valence-electron chi connectivity index (χ0n) is 10.3. The lowest BCUT2D eigenvalue weighted by molar-refractivity contribution is 0.313. The van der Waals surface area contributed by atoms with Gasteiger partial charge in [0, 0.05) is 6.04 Å².